The fraction of sp³-hybridized carbons (Fsp3) is 0.467. The molecule has 2 bridgehead atoms. The molecule has 2 unspecified atom stereocenters. The Labute approximate surface area is 92.0 Å². The molecule has 1 saturated carbocycles. The molecule has 0 radical (unpaired) electrons. The maximum absolute atomic E-state index is 2.55. The summed E-state index contributed by atoms with van der Waals surface area (Å²) in [4.78, 5) is 0. The molecular formula is C15H18. The Hall–Kier alpha value is -1.04. The van der Waals surface area contributed by atoms with Gasteiger partial charge in [0, 0.05) is 0 Å². The van der Waals surface area contributed by atoms with Gasteiger partial charge in [-0.3, -0.25) is 0 Å². The van der Waals surface area contributed by atoms with Crippen LogP contribution in [0, 0.1) is 18.8 Å². The lowest BCUT2D eigenvalue weighted by Crippen LogP contribution is -2.04. The first-order chi connectivity index (χ1) is 7.33. The molecular weight excluding hydrogens is 180 g/mol. The minimum absolute atomic E-state index is 0.887. The third-order valence-electron chi connectivity index (χ3n) is 4.02. The molecule has 2 atom stereocenters. The van der Waals surface area contributed by atoms with Gasteiger partial charge in [-0.2, -0.15) is 0 Å². The summed E-state index contributed by atoms with van der Waals surface area (Å²) >= 11 is 0. The lowest BCUT2D eigenvalue weighted by molar-refractivity contribution is 0.529. The predicted molar refractivity (Wildman–Crippen MR) is 64.6 cm³/mol. The van der Waals surface area contributed by atoms with E-state index >= 15 is 0 Å². The second kappa shape index (κ2) is 3.52. The fourth-order valence-electron chi connectivity index (χ4n) is 3.25. The number of fused-ring (bicyclic) bond motifs is 2. The summed E-state index contributed by atoms with van der Waals surface area (Å²) in [6, 6.07) is 8.81. The van der Waals surface area contributed by atoms with Crippen LogP contribution in [0.4, 0.5) is 0 Å². The molecule has 0 nitrogen and oxygen atoms in total. The minimum atomic E-state index is 0.887. The molecule has 0 spiro atoms. The Bertz CT molecular complexity index is 400. The van der Waals surface area contributed by atoms with Crippen LogP contribution in [0.1, 0.15) is 36.8 Å². The lowest BCUT2D eigenvalue weighted by atomic mass is 9.85. The van der Waals surface area contributed by atoms with Crippen LogP contribution in [-0.2, 0) is 0 Å². The lowest BCUT2D eigenvalue weighted by Gasteiger charge is -2.20. The Kier molecular flexibility index (Phi) is 2.16. The van der Waals surface area contributed by atoms with E-state index in [2.05, 4.69) is 37.3 Å². The fourth-order valence-corrected chi connectivity index (χ4v) is 3.25. The van der Waals surface area contributed by atoms with Gasteiger partial charge in [0.1, 0.15) is 0 Å². The second-order valence-electron chi connectivity index (χ2n) is 5.15. The number of aryl methyl sites for hydroxylation is 1. The minimum Gasteiger partial charge on any atom is -0.0776 e. The Morgan fingerprint density at radius 1 is 1.13 bits per heavy atom. The van der Waals surface area contributed by atoms with E-state index in [1.165, 1.54) is 36.8 Å². The van der Waals surface area contributed by atoms with Crippen molar-refractivity contribution in [2.75, 3.05) is 0 Å². The topological polar surface area (TPSA) is 0 Å². The van der Waals surface area contributed by atoms with E-state index in [1.54, 1.807) is 5.57 Å². The van der Waals surface area contributed by atoms with Crippen molar-refractivity contribution in [2.24, 2.45) is 11.8 Å². The number of hydrogen-bond acceptors (Lipinski definition) is 0. The molecule has 78 valence electrons. The smallest absolute Gasteiger partial charge is 0.0198 e. The average Bonchev–Trinajstić information content (AvgIpc) is 2.58. The Balaban J connectivity index is 1.98. The molecule has 0 amide bonds. The molecule has 3 rings (SSSR count). The van der Waals surface area contributed by atoms with E-state index in [4.69, 9.17) is 0 Å². The summed E-state index contributed by atoms with van der Waals surface area (Å²) in [7, 11) is 0. The van der Waals surface area contributed by atoms with Gasteiger partial charge in [0.05, 0.1) is 0 Å². The molecule has 0 aliphatic heterocycles. The number of rotatable bonds is 1. The Morgan fingerprint density at radius 3 is 2.80 bits per heavy atom. The molecule has 0 saturated heterocycles. The van der Waals surface area contributed by atoms with Gasteiger partial charge >= 0.3 is 0 Å². The normalized spacial score (nSPS) is 29.0. The van der Waals surface area contributed by atoms with Crippen molar-refractivity contribution in [3.05, 3.63) is 41.5 Å². The standard InChI is InChI=1S/C15H18/c1-11-4-2-3-5-15(11)14-9-12-6-7-13(8-12)10-14/h2-5,9,12-13H,6-8,10H2,1H3. The van der Waals surface area contributed by atoms with Crippen LogP contribution < -0.4 is 0 Å². The third kappa shape index (κ3) is 1.62. The van der Waals surface area contributed by atoms with Crippen LogP contribution in [0.25, 0.3) is 5.57 Å². The van der Waals surface area contributed by atoms with Crippen molar-refractivity contribution in [2.45, 2.75) is 32.6 Å². The second-order valence-corrected chi connectivity index (χ2v) is 5.15. The van der Waals surface area contributed by atoms with Gasteiger partial charge in [-0.15, -0.1) is 0 Å². The van der Waals surface area contributed by atoms with Gasteiger partial charge in [-0.05, 0) is 61.1 Å². The van der Waals surface area contributed by atoms with Crippen LogP contribution in [0.2, 0.25) is 0 Å². The molecule has 0 heterocycles. The van der Waals surface area contributed by atoms with Gasteiger partial charge < -0.3 is 0 Å². The van der Waals surface area contributed by atoms with Crippen molar-refractivity contribution < 1.29 is 0 Å². The van der Waals surface area contributed by atoms with E-state index in [9.17, 15) is 0 Å². The highest BCUT2D eigenvalue weighted by atomic mass is 14.3. The summed E-state index contributed by atoms with van der Waals surface area (Å²) in [6.07, 6.45) is 8.21. The maximum atomic E-state index is 2.55. The van der Waals surface area contributed by atoms with Crippen molar-refractivity contribution in [1.82, 2.24) is 0 Å². The average molecular weight is 198 g/mol. The summed E-state index contributed by atoms with van der Waals surface area (Å²) in [5.41, 5.74) is 4.55. The van der Waals surface area contributed by atoms with Crippen molar-refractivity contribution in [1.29, 1.82) is 0 Å². The number of allylic oxidation sites excluding steroid dienone is 2. The predicted octanol–water partition coefficient (Wildman–Crippen LogP) is 4.20. The first kappa shape index (κ1) is 9.21. The first-order valence-electron chi connectivity index (χ1n) is 6.09. The summed E-state index contributed by atoms with van der Waals surface area (Å²) in [6.45, 7) is 2.23. The van der Waals surface area contributed by atoms with Crippen LogP contribution in [0.3, 0.4) is 0 Å². The monoisotopic (exact) mass is 198 g/mol. The zero-order chi connectivity index (χ0) is 10.3. The molecule has 2 aliphatic carbocycles. The summed E-state index contributed by atoms with van der Waals surface area (Å²) < 4.78 is 0. The number of hydrogen-bond donors (Lipinski definition) is 0. The van der Waals surface area contributed by atoms with E-state index in [1.807, 2.05) is 0 Å². The Morgan fingerprint density at radius 2 is 2.00 bits per heavy atom. The van der Waals surface area contributed by atoms with Crippen molar-refractivity contribution in [3.8, 4) is 0 Å². The van der Waals surface area contributed by atoms with E-state index in [0.717, 1.165) is 11.8 Å². The van der Waals surface area contributed by atoms with Gasteiger partial charge in [0.15, 0.2) is 0 Å². The van der Waals surface area contributed by atoms with Gasteiger partial charge in [-0.25, -0.2) is 0 Å². The first-order valence-corrected chi connectivity index (χ1v) is 6.09. The number of benzene rings is 1. The SMILES string of the molecule is Cc1ccccc1C1=CC2CCC(C1)C2. The van der Waals surface area contributed by atoms with E-state index in [0.29, 0.717) is 0 Å². The molecule has 0 aromatic heterocycles. The van der Waals surface area contributed by atoms with Crippen LogP contribution in [0.5, 0.6) is 0 Å². The summed E-state index contributed by atoms with van der Waals surface area (Å²) in [5, 5.41) is 0. The molecule has 15 heavy (non-hydrogen) atoms. The largest absolute Gasteiger partial charge is 0.0776 e. The zero-order valence-electron chi connectivity index (χ0n) is 9.37. The zero-order valence-corrected chi connectivity index (χ0v) is 9.37. The maximum Gasteiger partial charge on any atom is -0.0198 e. The molecule has 0 N–H and O–H groups in total. The quantitative estimate of drug-likeness (QED) is 0.634. The third-order valence-corrected chi connectivity index (χ3v) is 4.02. The summed E-state index contributed by atoms with van der Waals surface area (Å²) in [5.74, 6) is 1.87. The molecule has 2 aliphatic rings. The highest BCUT2D eigenvalue weighted by Crippen LogP contribution is 2.44. The van der Waals surface area contributed by atoms with Crippen molar-refractivity contribution >= 4 is 5.57 Å². The molecule has 1 aromatic carbocycles. The van der Waals surface area contributed by atoms with Crippen LogP contribution in [0.15, 0.2) is 30.3 Å². The van der Waals surface area contributed by atoms with E-state index in [-0.39, 0.29) is 0 Å². The molecule has 1 aromatic rings. The van der Waals surface area contributed by atoms with E-state index < -0.39 is 0 Å². The van der Waals surface area contributed by atoms with Crippen molar-refractivity contribution in [3.63, 3.8) is 0 Å². The molecule has 1 fully saturated rings. The highest BCUT2D eigenvalue weighted by molar-refractivity contribution is 5.69. The van der Waals surface area contributed by atoms with Crippen LogP contribution in [-0.4, -0.2) is 0 Å². The van der Waals surface area contributed by atoms with Crippen LogP contribution >= 0.6 is 0 Å². The van der Waals surface area contributed by atoms with Gasteiger partial charge in [0.25, 0.3) is 0 Å². The van der Waals surface area contributed by atoms with Gasteiger partial charge in [0.2, 0.25) is 0 Å². The molecule has 0 heteroatoms. The highest BCUT2D eigenvalue weighted by Gasteiger charge is 2.29. The van der Waals surface area contributed by atoms with Gasteiger partial charge in [-0.1, -0.05) is 30.3 Å².